The molecule has 0 saturated heterocycles. The van der Waals surface area contributed by atoms with Crippen molar-refractivity contribution in [3.63, 3.8) is 0 Å². The molecule has 0 amide bonds. The number of fused-ring (bicyclic) bond motifs is 1. The van der Waals surface area contributed by atoms with Crippen molar-refractivity contribution in [2.45, 2.75) is 26.2 Å². The molecule has 4 nitrogen and oxygen atoms in total. The van der Waals surface area contributed by atoms with E-state index in [1.165, 1.54) is 0 Å². The summed E-state index contributed by atoms with van der Waals surface area (Å²) in [7, 11) is 0. The summed E-state index contributed by atoms with van der Waals surface area (Å²) >= 11 is 0. The number of nitrogens with zero attached hydrogens (tertiary/aromatic N) is 3. The molecule has 0 saturated carbocycles. The standard InChI is InChI=1S/C16H17N3O/c1-16(2,3)12-9-8-11(10-15(12)20)19-17-13-6-4-5-7-14(13)18-19/h4-10,20H,1-3H3. The summed E-state index contributed by atoms with van der Waals surface area (Å²) in [5.74, 6) is 0.274. The van der Waals surface area contributed by atoms with Gasteiger partial charge in [-0.25, -0.2) is 0 Å². The third-order valence-electron chi connectivity index (χ3n) is 3.31. The van der Waals surface area contributed by atoms with Crippen LogP contribution in [0, 0.1) is 0 Å². The Morgan fingerprint density at radius 3 is 2.05 bits per heavy atom. The zero-order chi connectivity index (χ0) is 14.3. The molecule has 1 N–H and O–H groups in total. The second-order valence-corrected chi connectivity index (χ2v) is 5.93. The minimum absolute atomic E-state index is 0.0924. The summed E-state index contributed by atoms with van der Waals surface area (Å²) in [6.07, 6.45) is 0. The topological polar surface area (TPSA) is 50.9 Å². The van der Waals surface area contributed by atoms with E-state index in [1.54, 1.807) is 10.9 Å². The Morgan fingerprint density at radius 1 is 0.950 bits per heavy atom. The Hall–Kier alpha value is -2.36. The highest BCUT2D eigenvalue weighted by molar-refractivity contribution is 5.73. The van der Waals surface area contributed by atoms with Crippen LogP contribution in [0.15, 0.2) is 42.5 Å². The van der Waals surface area contributed by atoms with Crippen LogP contribution >= 0.6 is 0 Å². The first kappa shape index (κ1) is 12.7. The van der Waals surface area contributed by atoms with Gasteiger partial charge in [0.25, 0.3) is 0 Å². The van der Waals surface area contributed by atoms with Gasteiger partial charge < -0.3 is 5.11 Å². The maximum absolute atomic E-state index is 10.2. The molecule has 4 heteroatoms. The Labute approximate surface area is 117 Å². The normalized spacial score (nSPS) is 11.9. The van der Waals surface area contributed by atoms with Crippen molar-refractivity contribution in [1.29, 1.82) is 0 Å². The second kappa shape index (κ2) is 4.34. The van der Waals surface area contributed by atoms with Gasteiger partial charge in [0.2, 0.25) is 0 Å². The largest absolute Gasteiger partial charge is 0.508 e. The minimum atomic E-state index is -0.0924. The van der Waals surface area contributed by atoms with Crippen LogP contribution in [-0.2, 0) is 5.41 Å². The van der Waals surface area contributed by atoms with Crippen molar-refractivity contribution in [2.24, 2.45) is 0 Å². The monoisotopic (exact) mass is 267 g/mol. The molecule has 3 rings (SSSR count). The van der Waals surface area contributed by atoms with Crippen LogP contribution < -0.4 is 0 Å². The van der Waals surface area contributed by atoms with Crippen LogP contribution in [0.5, 0.6) is 5.75 Å². The van der Waals surface area contributed by atoms with Gasteiger partial charge in [0.1, 0.15) is 16.8 Å². The van der Waals surface area contributed by atoms with Crippen molar-refractivity contribution in [2.75, 3.05) is 0 Å². The Kier molecular flexibility index (Phi) is 2.74. The molecule has 2 aromatic carbocycles. The number of benzene rings is 2. The van der Waals surface area contributed by atoms with Crippen molar-refractivity contribution in [3.8, 4) is 11.4 Å². The highest BCUT2D eigenvalue weighted by Gasteiger charge is 2.18. The molecule has 3 aromatic rings. The molecule has 20 heavy (non-hydrogen) atoms. The number of aromatic nitrogens is 3. The molecule has 102 valence electrons. The average Bonchev–Trinajstić information content (AvgIpc) is 2.80. The van der Waals surface area contributed by atoms with Crippen LogP contribution in [0.25, 0.3) is 16.7 Å². The first-order valence-electron chi connectivity index (χ1n) is 6.61. The summed E-state index contributed by atoms with van der Waals surface area (Å²) in [4.78, 5) is 1.55. The van der Waals surface area contributed by atoms with Crippen LogP contribution in [0.4, 0.5) is 0 Å². The first-order chi connectivity index (χ1) is 9.45. The van der Waals surface area contributed by atoms with Gasteiger partial charge in [0.05, 0.1) is 5.69 Å². The fraction of sp³-hybridized carbons (Fsp3) is 0.250. The van der Waals surface area contributed by atoms with Gasteiger partial charge in [-0.1, -0.05) is 39.0 Å². The number of phenolic OH excluding ortho intramolecular Hbond substituents is 1. The van der Waals surface area contributed by atoms with Crippen LogP contribution in [0.1, 0.15) is 26.3 Å². The van der Waals surface area contributed by atoms with Gasteiger partial charge in [-0.15, -0.1) is 10.2 Å². The zero-order valence-electron chi connectivity index (χ0n) is 11.8. The van der Waals surface area contributed by atoms with Gasteiger partial charge in [-0.3, -0.25) is 0 Å². The van der Waals surface area contributed by atoms with Gasteiger partial charge in [0, 0.05) is 6.07 Å². The van der Waals surface area contributed by atoms with E-state index in [2.05, 4.69) is 31.0 Å². The van der Waals surface area contributed by atoms with Crippen molar-refractivity contribution in [1.82, 2.24) is 15.0 Å². The molecule has 0 spiro atoms. The molecule has 0 fully saturated rings. The molecule has 0 unspecified atom stereocenters. The molecule has 0 bridgehead atoms. The van der Waals surface area contributed by atoms with Gasteiger partial charge in [0.15, 0.2) is 0 Å². The van der Waals surface area contributed by atoms with E-state index in [9.17, 15) is 5.11 Å². The summed E-state index contributed by atoms with van der Waals surface area (Å²) < 4.78 is 0. The van der Waals surface area contributed by atoms with Crippen LogP contribution in [0.2, 0.25) is 0 Å². The van der Waals surface area contributed by atoms with Crippen molar-refractivity contribution >= 4 is 11.0 Å². The molecule has 0 radical (unpaired) electrons. The number of phenols is 1. The Morgan fingerprint density at radius 2 is 1.55 bits per heavy atom. The second-order valence-electron chi connectivity index (χ2n) is 5.93. The minimum Gasteiger partial charge on any atom is -0.508 e. The Balaban J connectivity index is 2.08. The molecule has 0 aliphatic rings. The van der Waals surface area contributed by atoms with Crippen LogP contribution in [-0.4, -0.2) is 20.1 Å². The maximum Gasteiger partial charge on any atom is 0.121 e. The number of hydrogen-bond donors (Lipinski definition) is 1. The summed E-state index contributed by atoms with van der Waals surface area (Å²) in [6, 6.07) is 13.3. The SMILES string of the molecule is CC(C)(C)c1ccc(-n2nc3ccccc3n2)cc1O. The maximum atomic E-state index is 10.2. The lowest BCUT2D eigenvalue weighted by molar-refractivity contribution is 0.446. The van der Waals surface area contributed by atoms with Gasteiger partial charge >= 0.3 is 0 Å². The highest BCUT2D eigenvalue weighted by atomic mass is 16.3. The summed E-state index contributed by atoms with van der Waals surface area (Å²) in [5, 5.41) is 19.0. The zero-order valence-corrected chi connectivity index (χ0v) is 11.8. The molecule has 1 aromatic heterocycles. The summed E-state index contributed by atoms with van der Waals surface area (Å²) in [6.45, 7) is 6.21. The van der Waals surface area contributed by atoms with Gasteiger partial charge in [-0.2, -0.15) is 4.80 Å². The van der Waals surface area contributed by atoms with Gasteiger partial charge in [-0.05, 0) is 29.2 Å². The molecule has 1 heterocycles. The average molecular weight is 267 g/mol. The highest BCUT2D eigenvalue weighted by Crippen LogP contribution is 2.31. The number of rotatable bonds is 1. The summed E-state index contributed by atoms with van der Waals surface area (Å²) in [5.41, 5.74) is 3.26. The van der Waals surface area contributed by atoms with E-state index in [4.69, 9.17) is 0 Å². The number of aromatic hydroxyl groups is 1. The lowest BCUT2D eigenvalue weighted by Crippen LogP contribution is -2.11. The third kappa shape index (κ3) is 2.13. The molecule has 0 atom stereocenters. The lowest BCUT2D eigenvalue weighted by Gasteiger charge is -2.20. The van der Waals surface area contributed by atoms with Crippen molar-refractivity contribution in [3.05, 3.63) is 48.0 Å². The number of hydrogen-bond acceptors (Lipinski definition) is 3. The predicted octanol–water partition coefficient (Wildman–Crippen LogP) is 3.42. The van der Waals surface area contributed by atoms with E-state index in [-0.39, 0.29) is 11.2 Å². The van der Waals surface area contributed by atoms with E-state index in [0.717, 1.165) is 22.3 Å². The predicted molar refractivity (Wildman–Crippen MR) is 79.2 cm³/mol. The van der Waals surface area contributed by atoms with E-state index in [1.807, 2.05) is 36.4 Å². The van der Waals surface area contributed by atoms with E-state index >= 15 is 0 Å². The first-order valence-corrected chi connectivity index (χ1v) is 6.61. The fourth-order valence-electron chi connectivity index (χ4n) is 2.25. The smallest absolute Gasteiger partial charge is 0.121 e. The molecular weight excluding hydrogens is 250 g/mol. The third-order valence-corrected chi connectivity index (χ3v) is 3.31. The fourth-order valence-corrected chi connectivity index (χ4v) is 2.25. The molecule has 0 aliphatic heterocycles. The Bertz CT molecular complexity index is 736. The van der Waals surface area contributed by atoms with Crippen LogP contribution in [0.3, 0.4) is 0 Å². The van der Waals surface area contributed by atoms with E-state index < -0.39 is 0 Å². The lowest BCUT2D eigenvalue weighted by atomic mass is 9.86. The quantitative estimate of drug-likeness (QED) is 0.735. The molecule has 0 aliphatic carbocycles. The van der Waals surface area contributed by atoms with Crippen molar-refractivity contribution < 1.29 is 5.11 Å². The molecular formula is C16H17N3O. The van der Waals surface area contributed by atoms with E-state index in [0.29, 0.717) is 0 Å².